The molecule has 0 radical (unpaired) electrons. The minimum atomic E-state index is 0.117. The molecule has 1 aliphatic heterocycles. The number of likely N-dealkylation sites (N-methyl/N-ethyl adjacent to an activating group) is 1. The van der Waals surface area contributed by atoms with Gasteiger partial charge in [-0.25, -0.2) is 4.98 Å². The maximum Gasteiger partial charge on any atom is 0.227 e. The molecule has 3 heterocycles. The highest BCUT2D eigenvalue weighted by Crippen LogP contribution is 2.23. The van der Waals surface area contributed by atoms with Gasteiger partial charge in [0.1, 0.15) is 11.6 Å². The number of carbonyl (C=O) groups excluding carboxylic acids is 1. The number of aryl methyl sites for hydroxylation is 3. The number of nitrogens with zero attached hydrogens (tertiary/aromatic N) is 5. The highest BCUT2D eigenvalue weighted by atomic mass is 16.5. The molecule has 0 N–H and O–H groups in total. The summed E-state index contributed by atoms with van der Waals surface area (Å²) in [5.41, 5.74) is 1.70. The van der Waals surface area contributed by atoms with E-state index in [9.17, 15) is 4.79 Å². The first-order chi connectivity index (χ1) is 11.0. The summed E-state index contributed by atoms with van der Waals surface area (Å²) in [6, 6.07) is 0.123. The van der Waals surface area contributed by atoms with Gasteiger partial charge in [-0.3, -0.25) is 9.69 Å². The van der Waals surface area contributed by atoms with Gasteiger partial charge in [0.05, 0.1) is 18.2 Å². The second kappa shape index (κ2) is 6.16. The van der Waals surface area contributed by atoms with E-state index >= 15 is 0 Å². The van der Waals surface area contributed by atoms with Crippen molar-refractivity contribution >= 4 is 5.91 Å². The van der Waals surface area contributed by atoms with Gasteiger partial charge >= 0.3 is 0 Å². The van der Waals surface area contributed by atoms with Gasteiger partial charge in [0.2, 0.25) is 5.91 Å². The average molecular weight is 317 g/mol. The number of amides is 1. The van der Waals surface area contributed by atoms with Gasteiger partial charge in [0, 0.05) is 44.6 Å². The molecule has 1 saturated heterocycles. The van der Waals surface area contributed by atoms with Crippen LogP contribution in [0.2, 0.25) is 0 Å². The van der Waals surface area contributed by atoms with Crippen LogP contribution in [-0.2, 0) is 18.3 Å². The average Bonchev–Trinajstić information content (AvgIpc) is 3.08. The second-order valence-electron chi connectivity index (χ2n) is 6.21. The molecule has 0 aliphatic carbocycles. The van der Waals surface area contributed by atoms with E-state index in [1.807, 2.05) is 36.6 Å². The first-order valence-corrected chi connectivity index (χ1v) is 7.84. The number of rotatable bonds is 3. The number of piperazine rings is 1. The standard InChI is InChI=1S/C16H23N5O2/c1-11-13(12(2)23-18-11)9-15(22)21-8-7-19(3)14(10-21)16-17-5-6-20(16)4/h5-6,14H,7-10H2,1-4H3. The Bertz CT molecular complexity index is 686. The van der Waals surface area contributed by atoms with Crippen molar-refractivity contribution in [1.82, 2.24) is 24.5 Å². The number of hydrogen-bond donors (Lipinski definition) is 0. The first kappa shape index (κ1) is 15.7. The summed E-state index contributed by atoms with van der Waals surface area (Å²) < 4.78 is 7.17. The van der Waals surface area contributed by atoms with Crippen LogP contribution in [0.3, 0.4) is 0 Å². The van der Waals surface area contributed by atoms with E-state index in [2.05, 4.69) is 22.1 Å². The summed E-state index contributed by atoms with van der Waals surface area (Å²) in [5.74, 6) is 1.83. The molecule has 7 heteroatoms. The lowest BCUT2D eigenvalue weighted by Crippen LogP contribution is -2.50. The van der Waals surface area contributed by atoms with Crippen LogP contribution in [-0.4, -0.2) is 57.1 Å². The van der Waals surface area contributed by atoms with Crippen molar-refractivity contribution in [2.45, 2.75) is 26.3 Å². The largest absolute Gasteiger partial charge is 0.361 e. The monoisotopic (exact) mass is 317 g/mol. The van der Waals surface area contributed by atoms with Gasteiger partial charge in [-0.1, -0.05) is 5.16 Å². The normalized spacial score (nSPS) is 19.3. The smallest absolute Gasteiger partial charge is 0.227 e. The molecule has 1 atom stereocenters. The molecule has 1 fully saturated rings. The van der Waals surface area contributed by atoms with Crippen LogP contribution in [0.5, 0.6) is 0 Å². The van der Waals surface area contributed by atoms with E-state index < -0.39 is 0 Å². The van der Waals surface area contributed by atoms with Gasteiger partial charge in [-0.05, 0) is 20.9 Å². The Hall–Kier alpha value is -2.15. The zero-order valence-electron chi connectivity index (χ0n) is 14.1. The molecule has 2 aromatic heterocycles. The fourth-order valence-corrected chi connectivity index (χ4v) is 3.09. The second-order valence-corrected chi connectivity index (χ2v) is 6.21. The van der Waals surface area contributed by atoms with Crippen LogP contribution < -0.4 is 0 Å². The van der Waals surface area contributed by atoms with Crippen LogP contribution in [0.1, 0.15) is 28.9 Å². The fourth-order valence-electron chi connectivity index (χ4n) is 3.09. The highest BCUT2D eigenvalue weighted by Gasteiger charge is 2.31. The fraction of sp³-hybridized carbons (Fsp3) is 0.562. The third kappa shape index (κ3) is 3.01. The Morgan fingerprint density at radius 3 is 2.74 bits per heavy atom. The predicted octanol–water partition coefficient (Wildman–Crippen LogP) is 1.08. The van der Waals surface area contributed by atoms with Crippen LogP contribution in [0, 0.1) is 13.8 Å². The molecule has 0 saturated carbocycles. The molecule has 1 aliphatic rings. The van der Waals surface area contributed by atoms with E-state index in [4.69, 9.17) is 4.52 Å². The molecule has 1 unspecified atom stereocenters. The van der Waals surface area contributed by atoms with Crippen molar-refractivity contribution in [3.63, 3.8) is 0 Å². The van der Waals surface area contributed by atoms with Gasteiger partial charge in [0.25, 0.3) is 0 Å². The predicted molar refractivity (Wildman–Crippen MR) is 84.8 cm³/mol. The Labute approximate surface area is 135 Å². The number of hydrogen-bond acceptors (Lipinski definition) is 5. The van der Waals surface area contributed by atoms with Crippen molar-refractivity contribution in [2.24, 2.45) is 7.05 Å². The van der Waals surface area contributed by atoms with Crippen LogP contribution >= 0.6 is 0 Å². The molecular weight excluding hydrogens is 294 g/mol. The molecule has 1 amide bonds. The van der Waals surface area contributed by atoms with E-state index in [1.54, 1.807) is 6.20 Å². The third-order valence-electron chi connectivity index (χ3n) is 4.67. The SMILES string of the molecule is Cc1noc(C)c1CC(=O)N1CCN(C)C(c2nccn2C)C1. The summed E-state index contributed by atoms with van der Waals surface area (Å²) >= 11 is 0. The summed E-state index contributed by atoms with van der Waals surface area (Å²) in [7, 11) is 4.07. The molecule has 7 nitrogen and oxygen atoms in total. The molecular formula is C16H23N5O2. The summed E-state index contributed by atoms with van der Waals surface area (Å²) in [4.78, 5) is 21.3. The molecule has 2 aromatic rings. The van der Waals surface area contributed by atoms with E-state index in [1.165, 1.54) is 0 Å². The Morgan fingerprint density at radius 2 is 2.13 bits per heavy atom. The molecule has 23 heavy (non-hydrogen) atoms. The topological polar surface area (TPSA) is 67.4 Å². The summed E-state index contributed by atoms with van der Waals surface area (Å²) in [5, 5.41) is 3.93. The molecule has 3 rings (SSSR count). The zero-order chi connectivity index (χ0) is 16.6. The van der Waals surface area contributed by atoms with Gasteiger partial charge in [-0.2, -0.15) is 0 Å². The summed E-state index contributed by atoms with van der Waals surface area (Å²) in [6.45, 7) is 5.96. The number of aromatic nitrogens is 3. The lowest BCUT2D eigenvalue weighted by molar-refractivity contribution is -0.133. The molecule has 0 spiro atoms. The van der Waals surface area contributed by atoms with Gasteiger partial charge in [0.15, 0.2) is 0 Å². The van der Waals surface area contributed by atoms with Crippen molar-refractivity contribution in [2.75, 3.05) is 26.7 Å². The Morgan fingerprint density at radius 1 is 1.35 bits per heavy atom. The Balaban J connectivity index is 1.73. The Kier molecular flexibility index (Phi) is 4.21. The molecule has 124 valence electrons. The van der Waals surface area contributed by atoms with Crippen molar-refractivity contribution in [3.05, 3.63) is 35.2 Å². The number of carbonyl (C=O) groups is 1. The zero-order valence-corrected chi connectivity index (χ0v) is 14.1. The maximum absolute atomic E-state index is 12.7. The minimum absolute atomic E-state index is 0.117. The third-order valence-corrected chi connectivity index (χ3v) is 4.67. The lowest BCUT2D eigenvalue weighted by atomic mass is 10.1. The molecule has 0 bridgehead atoms. The van der Waals surface area contributed by atoms with Gasteiger partial charge < -0.3 is 14.0 Å². The van der Waals surface area contributed by atoms with Crippen molar-refractivity contribution in [1.29, 1.82) is 0 Å². The van der Waals surface area contributed by atoms with Crippen molar-refractivity contribution in [3.8, 4) is 0 Å². The highest BCUT2D eigenvalue weighted by molar-refractivity contribution is 5.79. The van der Waals surface area contributed by atoms with E-state index in [0.29, 0.717) is 13.0 Å². The summed E-state index contributed by atoms with van der Waals surface area (Å²) in [6.07, 6.45) is 4.08. The number of imidazole rings is 1. The maximum atomic E-state index is 12.7. The van der Waals surface area contributed by atoms with Crippen LogP contribution in [0.4, 0.5) is 0 Å². The first-order valence-electron chi connectivity index (χ1n) is 7.84. The minimum Gasteiger partial charge on any atom is -0.361 e. The van der Waals surface area contributed by atoms with Crippen LogP contribution in [0.25, 0.3) is 0 Å². The molecule has 0 aromatic carbocycles. The van der Waals surface area contributed by atoms with E-state index in [0.717, 1.165) is 35.9 Å². The van der Waals surface area contributed by atoms with Gasteiger partial charge in [-0.15, -0.1) is 0 Å². The quantitative estimate of drug-likeness (QED) is 0.847. The van der Waals surface area contributed by atoms with Crippen molar-refractivity contribution < 1.29 is 9.32 Å². The lowest BCUT2D eigenvalue weighted by Gasteiger charge is -2.39. The van der Waals surface area contributed by atoms with Crippen LogP contribution in [0.15, 0.2) is 16.9 Å². The van der Waals surface area contributed by atoms with E-state index in [-0.39, 0.29) is 11.9 Å².